The molecule has 6 nitrogen and oxygen atoms in total. The van der Waals surface area contributed by atoms with E-state index in [0.717, 1.165) is 28.4 Å². The van der Waals surface area contributed by atoms with E-state index < -0.39 is 0 Å². The lowest BCUT2D eigenvalue weighted by Gasteiger charge is -2.07. The zero-order valence-corrected chi connectivity index (χ0v) is 12.5. The minimum atomic E-state index is 0.639. The first-order valence-electron chi connectivity index (χ1n) is 6.44. The normalized spacial score (nSPS) is 10.9. The summed E-state index contributed by atoms with van der Waals surface area (Å²) in [4.78, 5) is 11.2. The molecular formula is C13H16N6S. The molecule has 0 bridgehead atoms. The minimum Gasteiger partial charge on any atom is -0.354 e. The molecule has 0 radical (unpaired) electrons. The molecule has 0 saturated carbocycles. The van der Waals surface area contributed by atoms with Gasteiger partial charge >= 0.3 is 0 Å². The maximum atomic E-state index is 4.53. The van der Waals surface area contributed by atoms with Crippen molar-refractivity contribution >= 4 is 39.1 Å². The lowest BCUT2D eigenvalue weighted by molar-refractivity contribution is 0.771. The molecule has 0 aromatic carbocycles. The third kappa shape index (κ3) is 2.44. The van der Waals surface area contributed by atoms with Crippen molar-refractivity contribution in [3.8, 4) is 0 Å². The molecule has 0 aliphatic rings. The molecule has 0 aliphatic carbocycles. The molecule has 3 heterocycles. The number of thiophene rings is 1. The summed E-state index contributed by atoms with van der Waals surface area (Å²) in [5, 5.41) is 11.8. The van der Waals surface area contributed by atoms with Gasteiger partial charge in [-0.15, -0.1) is 11.3 Å². The quantitative estimate of drug-likeness (QED) is 0.772. The van der Waals surface area contributed by atoms with Gasteiger partial charge in [0.05, 0.1) is 5.39 Å². The van der Waals surface area contributed by atoms with Crippen LogP contribution < -0.4 is 10.6 Å². The Morgan fingerprint density at radius 2 is 2.20 bits per heavy atom. The standard InChI is InChI=1S/C13H16N6S/c1-4-14-13-16-11(15-10-5-6-19(3)18-10)9-7-8(2)20-12(9)17-13/h5-7H,4H2,1-3H3,(H2,14,15,16,17,18). The molecule has 3 aromatic rings. The molecule has 7 heteroatoms. The minimum absolute atomic E-state index is 0.639. The summed E-state index contributed by atoms with van der Waals surface area (Å²) in [7, 11) is 1.89. The van der Waals surface area contributed by atoms with Crippen molar-refractivity contribution in [3.05, 3.63) is 23.2 Å². The number of hydrogen-bond acceptors (Lipinski definition) is 6. The van der Waals surface area contributed by atoms with Crippen LogP contribution in [0.25, 0.3) is 10.2 Å². The van der Waals surface area contributed by atoms with Crippen LogP contribution in [0.1, 0.15) is 11.8 Å². The molecule has 0 unspecified atom stereocenters. The average molecular weight is 288 g/mol. The van der Waals surface area contributed by atoms with Gasteiger partial charge in [0.25, 0.3) is 0 Å². The van der Waals surface area contributed by atoms with Crippen molar-refractivity contribution in [2.75, 3.05) is 17.2 Å². The molecule has 0 amide bonds. The fraction of sp³-hybridized carbons (Fsp3) is 0.308. The Bertz CT molecular complexity index is 744. The second-order valence-corrected chi connectivity index (χ2v) is 5.74. The second-order valence-electron chi connectivity index (χ2n) is 4.50. The van der Waals surface area contributed by atoms with Crippen molar-refractivity contribution in [1.29, 1.82) is 0 Å². The number of aryl methyl sites for hydroxylation is 2. The number of anilines is 3. The van der Waals surface area contributed by atoms with Gasteiger partial charge in [-0.1, -0.05) is 0 Å². The van der Waals surface area contributed by atoms with Gasteiger partial charge in [0.2, 0.25) is 5.95 Å². The summed E-state index contributed by atoms with van der Waals surface area (Å²) in [6, 6.07) is 4.01. The third-order valence-electron chi connectivity index (χ3n) is 2.81. The summed E-state index contributed by atoms with van der Waals surface area (Å²) >= 11 is 1.67. The monoisotopic (exact) mass is 288 g/mol. The van der Waals surface area contributed by atoms with Crippen LogP contribution in [0.3, 0.4) is 0 Å². The molecule has 0 spiro atoms. The Morgan fingerprint density at radius 1 is 1.35 bits per heavy atom. The highest BCUT2D eigenvalue weighted by Crippen LogP contribution is 2.30. The summed E-state index contributed by atoms with van der Waals surface area (Å²) in [6.07, 6.45) is 1.89. The fourth-order valence-electron chi connectivity index (χ4n) is 1.98. The average Bonchev–Trinajstić information content (AvgIpc) is 2.95. The number of nitrogens with zero attached hydrogens (tertiary/aromatic N) is 4. The van der Waals surface area contributed by atoms with Gasteiger partial charge in [-0.3, -0.25) is 4.68 Å². The predicted molar refractivity (Wildman–Crippen MR) is 82.8 cm³/mol. The van der Waals surface area contributed by atoms with Crippen LogP contribution in [0, 0.1) is 6.92 Å². The Hall–Kier alpha value is -2.15. The van der Waals surface area contributed by atoms with Crippen LogP contribution in [0.5, 0.6) is 0 Å². The highest BCUT2D eigenvalue weighted by Gasteiger charge is 2.11. The molecule has 104 valence electrons. The molecule has 3 aromatic heterocycles. The van der Waals surface area contributed by atoms with Gasteiger partial charge in [0.15, 0.2) is 5.82 Å². The predicted octanol–water partition coefficient (Wildman–Crippen LogP) is 2.91. The number of rotatable bonds is 4. The summed E-state index contributed by atoms with van der Waals surface area (Å²) in [5.74, 6) is 2.20. The van der Waals surface area contributed by atoms with Crippen molar-refractivity contribution < 1.29 is 0 Å². The maximum Gasteiger partial charge on any atom is 0.226 e. The number of hydrogen-bond donors (Lipinski definition) is 2. The van der Waals surface area contributed by atoms with Crippen molar-refractivity contribution in [1.82, 2.24) is 19.7 Å². The Balaban J connectivity index is 2.06. The molecule has 3 rings (SSSR count). The van der Waals surface area contributed by atoms with Gasteiger partial charge < -0.3 is 10.6 Å². The lowest BCUT2D eigenvalue weighted by Crippen LogP contribution is -2.04. The van der Waals surface area contributed by atoms with Crippen LogP contribution in [0.15, 0.2) is 18.3 Å². The zero-order chi connectivity index (χ0) is 14.1. The van der Waals surface area contributed by atoms with Crippen LogP contribution in [0.2, 0.25) is 0 Å². The van der Waals surface area contributed by atoms with E-state index in [1.807, 2.05) is 26.2 Å². The van der Waals surface area contributed by atoms with Gasteiger partial charge in [-0.25, -0.2) is 4.98 Å². The van der Waals surface area contributed by atoms with E-state index in [4.69, 9.17) is 0 Å². The molecule has 2 N–H and O–H groups in total. The van der Waals surface area contributed by atoms with E-state index in [0.29, 0.717) is 5.95 Å². The fourth-order valence-corrected chi connectivity index (χ4v) is 2.86. The van der Waals surface area contributed by atoms with E-state index in [1.54, 1.807) is 16.0 Å². The maximum absolute atomic E-state index is 4.53. The zero-order valence-electron chi connectivity index (χ0n) is 11.6. The van der Waals surface area contributed by atoms with Gasteiger partial charge in [0.1, 0.15) is 10.6 Å². The van der Waals surface area contributed by atoms with E-state index in [1.165, 1.54) is 4.88 Å². The summed E-state index contributed by atoms with van der Waals surface area (Å²) < 4.78 is 1.75. The lowest BCUT2D eigenvalue weighted by atomic mass is 10.3. The first kappa shape index (κ1) is 12.9. The smallest absolute Gasteiger partial charge is 0.226 e. The van der Waals surface area contributed by atoms with Crippen molar-refractivity contribution in [2.45, 2.75) is 13.8 Å². The highest BCUT2D eigenvalue weighted by atomic mass is 32.1. The van der Waals surface area contributed by atoms with E-state index >= 15 is 0 Å². The van der Waals surface area contributed by atoms with E-state index in [-0.39, 0.29) is 0 Å². The molecule has 0 saturated heterocycles. The van der Waals surface area contributed by atoms with E-state index in [2.05, 4.69) is 38.7 Å². The molecule has 0 fully saturated rings. The Labute approximate surface area is 120 Å². The van der Waals surface area contributed by atoms with Crippen molar-refractivity contribution in [3.63, 3.8) is 0 Å². The number of fused-ring (bicyclic) bond motifs is 1. The number of aromatic nitrogens is 4. The van der Waals surface area contributed by atoms with Crippen LogP contribution >= 0.6 is 11.3 Å². The van der Waals surface area contributed by atoms with Gasteiger partial charge in [-0.05, 0) is 19.9 Å². The molecule has 20 heavy (non-hydrogen) atoms. The second kappa shape index (κ2) is 5.09. The van der Waals surface area contributed by atoms with Crippen molar-refractivity contribution in [2.24, 2.45) is 7.05 Å². The first-order chi connectivity index (χ1) is 9.65. The largest absolute Gasteiger partial charge is 0.354 e. The Kier molecular flexibility index (Phi) is 3.27. The molecule has 0 atom stereocenters. The summed E-state index contributed by atoms with van der Waals surface area (Å²) in [5.41, 5.74) is 0. The third-order valence-corrected chi connectivity index (χ3v) is 3.76. The SMILES string of the molecule is CCNc1nc(Nc2ccn(C)n2)c2cc(C)sc2n1. The van der Waals surface area contributed by atoms with Crippen LogP contribution in [-0.2, 0) is 7.05 Å². The van der Waals surface area contributed by atoms with Gasteiger partial charge in [-0.2, -0.15) is 10.1 Å². The summed E-state index contributed by atoms with van der Waals surface area (Å²) in [6.45, 7) is 4.89. The van der Waals surface area contributed by atoms with Crippen LogP contribution in [0.4, 0.5) is 17.6 Å². The number of nitrogens with one attached hydrogen (secondary N) is 2. The molecule has 0 aliphatic heterocycles. The first-order valence-corrected chi connectivity index (χ1v) is 7.26. The van der Waals surface area contributed by atoms with Crippen LogP contribution in [-0.4, -0.2) is 26.3 Å². The van der Waals surface area contributed by atoms with Gasteiger partial charge in [0, 0.05) is 30.7 Å². The van der Waals surface area contributed by atoms with E-state index in [9.17, 15) is 0 Å². The Morgan fingerprint density at radius 3 is 2.90 bits per heavy atom. The molecular weight excluding hydrogens is 272 g/mol. The topological polar surface area (TPSA) is 67.7 Å². The highest BCUT2D eigenvalue weighted by molar-refractivity contribution is 7.18.